The molecule has 0 saturated heterocycles. The van der Waals surface area contributed by atoms with E-state index in [1.807, 2.05) is 12.1 Å². The average Bonchev–Trinajstić information content (AvgIpc) is 3.18. The molecule has 3 aromatic rings. The number of pyridine rings is 1. The molecule has 0 radical (unpaired) electrons. The summed E-state index contributed by atoms with van der Waals surface area (Å²) >= 11 is 0. The molecule has 1 aromatic carbocycles. The molecule has 0 saturated carbocycles. The second-order valence-corrected chi connectivity index (χ2v) is 6.62. The summed E-state index contributed by atoms with van der Waals surface area (Å²) in [6.45, 7) is 0. The number of carbonyl (C=O) groups excluding carboxylic acids is 1. The first kappa shape index (κ1) is 22.1. The minimum atomic E-state index is -4.77. The number of hydrogen-bond acceptors (Lipinski definition) is 6. The number of alkyl halides is 3. The van der Waals surface area contributed by atoms with E-state index in [1.54, 1.807) is 13.3 Å². The van der Waals surface area contributed by atoms with E-state index < -0.39 is 18.0 Å². The highest BCUT2D eigenvalue weighted by Crippen LogP contribution is 2.28. The predicted octanol–water partition coefficient (Wildman–Crippen LogP) is 4.31. The van der Waals surface area contributed by atoms with Gasteiger partial charge < -0.3 is 19.6 Å². The van der Waals surface area contributed by atoms with E-state index >= 15 is 0 Å². The Morgan fingerprint density at radius 2 is 1.94 bits per heavy atom. The molecule has 0 atom stereocenters. The van der Waals surface area contributed by atoms with Crippen molar-refractivity contribution in [3.05, 3.63) is 59.6 Å². The number of carbonyl (C=O) groups is 1. The Morgan fingerprint density at radius 1 is 1.16 bits per heavy atom. The number of aryl methyl sites for hydroxylation is 2. The maximum atomic E-state index is 11.7. The van der Waals surface area contributed by atoms with Gasteiger partial charge in [-0.15, -0.1) is 13.2 Å². The Bertz CT molecular complexity index is 1030. The summed E-state index contributed by atoms with van der Waals surface area (Å²) in [5, 5.41) is 0. The van der Waals surface area contributed by atoms with Gasteiger partial charge >= 0.3 is 6.36 Å². The third-order valence-corrected chi connectivity index (χ3v) is 4.39. The first-order chi connectivity index (χ1) is 14.7. The summed E-state index contributed by atoms with van der Waals surface area (Å²) in [7, 11) is 1.60. The molecule has 10 heteroatoms. The summed E-state index contributed by atoms with van der Waals surface area (Å²) in [6, 6.07) is 8.29. The van der Waals surface area contributed by atoms with Crippen LogP contribution in [0.25, 0.3) is 11.5 Å². The van der Waals surface area contributed by atoms with Crippen LogP contribution >= 0.6 is 0 Å². The molecule has 164 valence electrons. The number of nitrogens with zero attached hydrogens (tertiary/aromatic N) is 2. The number of rotatable bonds is 4. The molecular formula is C21H20F3N3O4. The number of hydrogen-bond donors (Lipinski definition) is 1. The topological polar surface area (TPSA) is 100 Å². The zero-order valence-electron chi connectivity index (χ0n) is 16.6. The first-order valence-electron chi connectivity index (χ1n) is 9.40. The first-order valence-corrected chi connectivity index (χ1v) is 9.40. The molecule has 2 N–H and O–H groups in total. The van der Waals surface area contributed by atoms with Crippen molar-refractivity contribution in [3.63, 3.8) is 0 Å². The second kappa shape index (κ2) is 9.50. The monoisotopic (exact) mass is 435 g/mol. The summed E-state index contributed by atoms with van der Waals surface area (Å²) < 4.78 is 49.7. The van der Waals surface area contributed by atoms with Crippen LogP contribution in [0.2, 0.25) is 0 Å². The maximum absolute atomic E-state index is 11.7. The fourth-order valence-corrected chi connectivity index (χ4v) is 2.98. The van der Waals surface area contributed by atoms with Gasteiger partial charge in [0.25, 0.3) is 0 Å². The number of aromatic nitrogens is 2. The van der Waals surface area contributed by atoms with Gasteiger partial charge in [-0.25, -0.2) is 9.97 Å². The van der Waals surface area contributed by atoms with Gasteiger partial charge in [-0.1, -0.05) is 6.07 Å². The van der Waals surface area contributed by atoms with Crippen LogP contribution in [0.4, 0.5) is 13.2 Å². The molecule has 0 bridgehead atoms. The van der Waals surface area contributed by atoms with Crippen LogP contribution in [0, 0.1) is 0 Å². The smallest absolute Gasteiger partial charge is 0.481 e. The Balaban J connectivity index is 0.000000180. The highest BCUT2D eigenvalue weighted by Gasteiger charge is 2.31. The standard InChI is InChI=1S/C13H14N2O2.C8H6F3NO2/c1-16-12-8-9(6-7-14-12)13-15-10-4-2-3-5-11(10)17-13;9-8(10,11)14-6-3-1-2-5(4-6)7(12)13/h6-8H,2-5H2,1H3;1-4H,(H2,12,13). The number of oxazole rings is 1. The molecule has 2 heterocycles. The SMILES string of the molecule is COc1cc(-c2nc3c(o2)CCCC3)ccn1.NC(=O)c1cccc(OC(F)(F)F)c1. The number of amides is 1. The van der Waals surface area contributed by atoms with Crippen LogP contribution in [0.1, 0.15) is 34.7 Å². The highest BCUT2D eigenvalue weighted by atomic mass is 19.4. The number of fused-ring (bicyclic) bond motifs is 1. The summed E-state index contributed by atoms with van der Waals surface area (Å²) in [4.78, 5) is 19.2. The predicted molar refractivity (Wildman–Crippen MR) is 105 cm³/mol. The van der Waals surface area contributed by atoms with Gasteiger partial charge in [-0.2, -0.15) is 0 Å². The van der Waals surface area contributed by atoms with Crippen LogP contribution in [-0.2, 0) is 12.8 Å². The minimum Gasteiger partial charge on any atom is -0.481 e. The molecule has 7 nitrogen and oxygen atoms in total. The van der Waals surface area contributed by atoms with Crippen molar-refractivity contribution >= 4 is 5.91 Å². The third-order valence-electron chi connectivity index (χ3n) is 4.39. The van der Waals surface area contributed by atoms with Gasteiger partial charge in [0.15, 0.2) is 0 Å². The van der Waals surface area contributed by atoms with Crippen LogP contribution in [0.5, 0.6) is 11.6 Å². The Hall–Kier alpha value is -3.56. The molecule has 0 unspecified atom stereocenters. The van der Waals surface area contributed by atoms with E-state index in [4.69, 9.17) is 14.9 Å². The lowest BCUT2D eigenvalue weighted by molar-refractivity contribution is -0.274. The summed E-state index contributed by atoms with van der Waals surface area (Å²) in [5.41, 5.74) is 6.87. The van der Waals surface area contributed by atoms with E-state index in [2.05, 4.69) is 14.7 Å². The van der Waals surface area contributed by atoms with Crippen molar-refractivity contribution in [3.8, 4) is 23.1 Å². The molecule has 1 aliphatic carbocycles. The van der Waals surface area contributed by atoms with Crippen molar-refractivity contribution in [1.82, 2.24) is 9.97 Å². The van der Waals surface area contributed by atoms with E-state index in [1.165, 1.54) is 25.0 Å². The van der Waals surface area contributed by atoms with Crippen LogP contribution in [-0.4, -0.2) is 29.3 Å². The van der Waals surface area contributed by atoms with Gasteiger partial charge in [-0.05, 0) is 43.5 Å². The Labute approximate surface area is 176 Å². The van der Waals surface area contributed by atoms with Gasteiger partial charge in [0.05, 0.1) is 12.8 Å². The number of methoxy groups -OCH3 is 1. The molecular weight excluding hydrogens is 415 g/mol. The lowest BCUT2D eigenvalue weighted by Crippen LogP contribution is -2.18. The van der Waals surface area contributed by atoms with Crippen LogP contribution in [0.15, 0.2) is 47.0 Å². The Morgan fingerprint density at radius 3 is 2.61 bits per heavy atom. The van der Waals surface area contributed by atoms with Crippen molar-refractivity contribution in [2.75, 3.05) is 7.11 Å². The molecule has 1 aliphatic rings. The number of nitrogens with two attached hydrogens (primary N) is 1. The zero-order chi connectivity index (χ0) is 22.4. The zero-order valence-corrected chi connectivity index (χ0v) is 16.6. The van der Waals surface area contributed by atoms with Gasteiger partial charge in [0, 0.05) is 29.8 Å². The number of benzene rings is 1. The molecule has 0 fully saturated rings. The lowest BCUT2D eigenvalue weighted by Gasteiger charge is -2.08. The van der Waals surface area contributed by atoms with E-state index in [0.717, 1.165) is 42.0 Å². The van der Waals surface area contributed by atoms with E-state index in [9.17, 15) is 18.0 Å². The number of halogens is 3. The van der Waals surface area contributed by atoms with Gasteiger partial charge in [0.2, 0.25) is 17.7 Å². The van der Waals surface area contributed by atoms with Gasteiger partial charge in [0.1, 0.15) is 11.5 Å². The minimum absolute atomic E-state index is 0.0354. The highest BCUT2D eigenvalue weighted by molar-refractivity contribution is 5.93. The molecule has 31 heavy (non-hydrogen) atoms. The Kier molecular flexibility index (Phi) is 6.78. The van der Waals surface area contributed by atoms with Crippen molar-refractivity contribution in [1.29, 1.82) is 0 Å². The fourth-order valence-electron chi connectivity index (χ4n) is 2.98. The molecule has 4 rings (SSSR count). The molecule has 1 amide bonds. The van der Waals surface area contributed by atoms with Gasteiger partial charge in [-0.3, -0.25) is 4.79 Å². The average molecular weight is 435 g/mol. The normalized spacial score (nSPS) is 12.9. The quantitative estimate of drug-likeness (QED) is 0.656. The number of ether oxygens (including phenoxy) is 2. The number of primary amides is 1. The molecule has 0 aliphatic heterocycles. The third kappa shape index (κ3) is 6.21. The van der Waals surface area contributed by atoms with E-state index in [-0.39, 0.29) is 5.56 Å². The van der Waals surface area contributed by atoms with Crippen molar-refractivity contribution < 1.29 is 31.9 Å². The summed E-state index contributed by atoms with van der Waals surface area (Å²) in [5.74, 6) is 1.03. The maximum Gasteiger partial charge on any atom is 0.573 e. The second-order valence-electron chi connectivity index (χ2n) is 6.62. The molecule has 0 spiro atoms. The largest absolute Gasteiger partial charge is 0.573 e. The lowest BCUT2D eigenvalue weighted by atomic mass is 10.0. The van der Waals surface area contributed by atoms with Crippen molar-refractivity contribution in [2.45, 2.75) is 32.0 Å². The molecule has 2 aromatic heterocycles. The van der Waals surface area contributed by atoms with Crippen LogP contribution in [0.3, 0.4) is 0 Å². The van der Waals surface area contributed by atoms with Crippen molar-refractivity contribution in [2.24, 2.45) is 5.73 Å². The fraction of sp³-hybridized carbons (Fsp3) is 0.286. The van der Waals surface area contributed by atoms with E-state index in [0.29, 0.717) is 11.8 Å². The van der Waals surface area contributed by atoms with Crippen LogP contribution < -0.4 is 15.2 Å². The summed E-state index contributed by atoms with van der Waals surface area (Å²) in [6.07, 6.45) is 1.37.